The lowest BCUT2D eigenvalue weighted by atomic mass is 9.96. The standard InChI is InChI=1S/C50H29N3S/c1-2-13-32-27-35(22-21-30(32)11-1)47-48(51-49-40-19-9-10-20-45(40)54-50(49)52-47)39-24-26-42(38-18-8-7-17-37(38)39)53-43-25-23-31-12-5-6-16-36(31)46(43)41-28-33-14-3-4-15-34(33)29-44(41)53/h1-29H. The first kappa shape index (κ1) is 29.7. The molecule has 0 aliphatic carbocycles. The minimum absolute atomic E-state index is 0.892. The predicted octanol–water partition coefficient (Wildman–Crippen LogP) is 13.9. The van der Waals surface area contributed by atoms with Crippen LogP contribution in [0.25, 0.3) is 114 Å². The van der Waals surface area contributed by atoms with E-state index in [2.05, 4.69) is 180 Å². The van der Waals surface area contributed by atoms with Gasteiger partial charge in [-0.1, -0.05) is 133 Å². The van der Waals surface area contributed by atoms with Crippen LogP contribution in [0, 0.1) is 0 Å². The Morgan fingerprint density at radius 1 is 0.407 bits per heavy atom. The molecule has 0 aliphatic rings. The van der Waals surface area contributed by atoms with Crippen LogP contribution in [-0.4, -0.2) is 14.5 Å². The molecule has 250 valence electrons. The van der Waals surface area contributed by atoms with Crippen molar-refractivity contribution in [3.8, 4) is 28.2 Å². The summed E-state index contributed by atoms with van der Waals surface area (Å²) in [7, 11) is 0. The lowest BCUT2D eigenvalue weighted by Crippen LogP contribution is -1.99. The number of hydrogen-bond acceptors (Lipinski definition) is 3. The van der Waals surface area contributed by atoms with Crippen LogP contribution in [0.2, 0.25) is 0 Å². The normalized spacial score (nSPS) is 12.1. The molecule has 0 radical (unpaired) electrons. The third kappa shape index (κ3) is 4.29. The van der Waals surface area contributed by atoms with E-state index in [9.17, 15) is 0 Å². The van der Waals surface area contributed by atoms with Crippen LogP contribution in [0.15, 0.2) is 176 Å². The van der Waals surface area contributed by atoms with Gasteiger partial charge >= 0.3 is 0 Å². The summed E-state index contributed by atoms with van der Waals surface area (Å²) < 4.78 is 3.67. The second kappa shape index (κ2) is 11.3. The molecule has 0 atom stereocenters. The Balaban J connectivity index is 1.18. The van der Waals surface area contributed by atoms with Gasteiger partial charge in [0.1, 0.15) is 10.3 Å². The highest BCUT2D eigenvalue weighted by Gasteiger charge is 2.22. The third-order valence-corrected chi connectivity index (χ3v) is 12.2. The highest BCUT2D eigenvalue weighted by Crippen LogP contribution is 2.44. The first-order valence-electron chi connectivity index (χ1n) is 18.3. The number of benzene rings is 9. The SMILES string of the molecule is c1ccc2cc(-c3nc4sc5ccccc5c4nc3-c3ccc(-n4c5cc6ccccc6cc5c5c6ccccc6ccc54)c4ccccc34)ccc2c1. The fourth-order valence-corrected chi connectivity index (χ4v) is 9.68. The fourth-order valence-electron chi connectivity index (χ4n) is 8.66. The van der Waals surface area contributed by atoms with Gasteiger partial charge < -0.3 is 4.57 Å². The van der Waals surface area contributed by atoms with Gasteiger partial charge in [0.2, 0.25) is 0 Å². The lowest BCUT2D eigenvalue weighted by Gasteiger charge is -2.16. The summed E-state index contributed by atoms with van der Waals surface area (Å²) >= 11 is 1.71. The molecular weight excluding hydrogens is 675 g/mol. The minimum Gasteiger partial charge on any atom is -0.309 e. The Labute approximate surface area is 314 Å². The second-order valence-corrected chi connectivity index (χ2v) is 15.2. The van der Waals surface area contributed by atoms with Crippen LogP contribution >= 0.6 is 11.3 Å². The van der Waals surface area contributed by atoms with Crippen molar-refractivity contribution in [1.29, 1.82) is 0 Å². The second-order valence-electron chi connectivity index (χ2n) is 14.1. The summed E-state index contributed by atoms with van der Waals surface area (Å²) in [6.45, 7) is 0. The highest BCUT2D eigenvalue weighted by molar-refractivity contribution is 7.25. The zero-order valence-corrected chi connectivity index (χ0v) is 29.8. The first-order chi connectivity index (χ1) is 26.8. The van der Waals surface area contributed by atoms with Gasteiger partial charge in [-0.15, -0.1) is 11.3 Å². The van der Waals surface area contributed by atoms with E-state index in [-0.39, 0.29) is 0 Å². The van der Waals surface area contributed by atoms with Crippen molar-refractivity contribution in [2.45, 2.75) is 0 Å². The highest BCUT2D eigenvalue weighted by atomic mass is 32.1. The van der Waals surface area contributed by atoms with E-state index in [1.807, 2.05) is 0 Å². The van der Waals surface area contributed by atoms with Crippen LogP contribution in [0.3, 0.4) is 0 Å². The van der Waals surface area contributed by atoms with E-state index in [0.717, 1.165) is 54.7 Å². The Morgan fingerprint density at radius 2 is 1.06 bits per heavy atom. The van der Waals surface area contributed by atoms with Gasteiger partial charge in [0, 0.05) is 37.4 Å². The number of aromatic nitrogens is 3. The molecule has 0 saturated heterocycles. The van der Waals surface area contributed by atoms with Crippen molar-refractivity contribution in [2.75, 3.05) is 0 Å². The number of thiophene rings is 1. The van der Waals surface area contributed by atoms with Crippen molar-refractivity contribution >= 4 is 96.7 Å². The van der Waals surface area contributed by atoms with Crippen molar-refractivity contribution in [2.24, 2.45) is 0 Å². The molecule has 3 aromatic heterocycles. The van der Waals surface area contributed by atoms with Crippen LogP contribution in [0.1, 0.15) is 0 Å². The Morgan fingerprint density at radius 3 is 1.89 bits per heavy atom. The van der Waals surface area contributed by atoms with Gasteiger partial charge in [0.15, 0.2) is 0 Å². The summed E-state index contributed by atoms with van der Waals surface area (Å²) in [5.74, 6) is 0. The Kier molecular flexibility index (Phi) is 6.21. The summed E-state index contributed by atoms with van der Waals surface area (Å²) in [6.07, 6.45) is 0. The molecule has 0 amide bonds. The van der Waals surface area contributed by atoms with Gasteiger partial charge in [0.25, 0.3) is 0 Å². The predicted molar refractivity (Wildman–Crippen MR) is 230 cm³/mol. The molecule has 3 nitrogen and oxygen atoms in total. The Bertz CT molecular complexity index is 3520. The quantitative estimate of drug-likeness (QED) is 0.183. The van der Waals surface area contributed by atoms with Crippen molar-refractivity contribution in [1.82, 2.24) is 14.5 Å². The fraction of sp³-hybridized carbons (Fsp3) is 0. The largest absolute Gasteiger partial charge is 0.309 e. The molecule has 0 spiro atoms. The van der Waals surface area contributed by atoms with Gasteiger partial charge in [0.05, 0.1) is 28.1 Å². The summed E-state index contributed by atoms with van der Waals surface area (Å²) in [6, 6.07) is 63.8. The molecule has 9 aromatic carbocycles. The van der Waals surface area contributed by atoms with Gasteiger partial charge in [-0.3, -0.25) is 0 Å². The molecular formula is C50H29N3S. The number of hydrogen-bond donors (Lipinski definition) is 0. The number of nitrogens with zero attached hydrogens (tertiary/aromatic N) is 3. The number of fused-ring (bicyclic) bond motifs is 11. The van der Waals surface area contributed by atoms with Crippen molar-refractivity contribution in [3.63, 3.8) is 0 Å². The van der Waals surface area contributed by atoms with Crippen LogP contribution in [0.4, 0.5) is 0 Å². The molecule has 0 bridgehead atoms. The number of rotatable bonds is 3. The molecule has 0 N–H and O–H groups in total. The molecule has 12 rings (SSSR count). The van der Waals surface area contributed by atoms with E-state index >= 15 is 0 Å². The zero-order valence-electron chi connectivity index (χ0n) is 29.0. The van der Waals surface area contributed by atoms with Crippen LogP contribution in [-0.2, 0) is 0 Å². The Hall–Kier alpha value is -6.88. The maximum absolute atomic E-state index is 5.54. The molecule has 4 heteroatoms. The monoisotopic (exact) mass is 703 g/mol. The van der Waals surface area contributed by atoms with Crippen LogP contribution in [0.5, 0.6) is 0 Å². The minimum atomic E-state index is 0.892. The van der Waals surface area contributed by atoms with E-state index in [1.165, 1.54) is 58.8 Å². The summed E-state index contributed by atoms with van der Waals surface area (Å²) in [4.78, 5) is 11.9. The molecule has 0 saturated carbocycles. The molecule has 12 aromatic rings. The molecule has 0 fully saturated rings. The topological polar surface area (TPSA) is 30.7 Å². The van der Waals surface area contributed by atoms with Crippen LogP contribution < -0.4 is 0 Å². The average molecular weight is 704 g/mol. The maximum Gasteiger partial charge on any atom is 0.143 e. The molecule has 0 aliphatic heterocycles. The smallest absolute Gasteiger partial charge is 0.143 e. The van der Waals surface area contributed by atoms with E-state index < -0.39 is 0 Å². The summed E-state index contributed by atoms with van der Waals surface area (Å²) in [5.41, 5.74) is 8.40. The lowest BCUT2D eigenvalue weighted by molar-refractivity contribution is 1.20. The maximum atomic E-state index is 5.54. The third-order valence-electron chi connectivity index (χ3n) is 11.2. The molecule has 0 unspecified atom stereocenters. The van der Waals surface area contributed by atoms with Gasteiger partial charge in [-0.25, -0.2) is 9.97 Å². The zero-order chi connectivity index (χ0) is 35.3. The molecule has 3 heterocycles. The summed E-state index contributed by atoms with van der Waals surface area (Å²) in [5, 5.41) is 13.4. The average Bonchev–Trinajstić information content (AvgIpc) is 3.76. The van der Waals surface area contributed by atoms with Crippen molar-refractivity contribution in [3.05, 3.63) is 176 Å². The molecule has 54 heavy (non-hydrogen) atoms. The van der Waals surface area contributed by atoms with Gasteiger partial charge in [-0.2, -0.15) is 0 Å². The van der Waals surface area contributed by atoms with E-state index in [1.54, 1.807) is 11.3 Å². The van der Waals surface area contributed by atoms with E-state index in [0.29, 0.717) is 0 Å². The van der Waals surface area contributed by atoms with Gasteiger partial charge in [-0.05, 0) is 80.2 Å². The van der Waals surface area contributed by atoms with E-state index in [4.69, 9.17) is 9.97 Å². The van der Waals surface area contributed by atoms with Crippen molar-refractivity contribution < 1.29 is 0 Å². The first-order valence-corrected chi connectivity index (χ1v) is 19.1.